The number of aromatic nitrogens is 3. The smallest absolute Gasteiger partial charge is 0.152 e. The van der Waals surface area contributed by atoms with Crippen molar-refractivity contribution in [1.82, 2.24) is 20.1 Å². The van der Waals surface area contributed by atoms with Gasteiger partial charge >= 0.3 is 0 Å². The third-order valence-electron chi connectivity index (χ3n) is 5.06. The minimum absolute atomic E-state index is 0.291. The Morgan fingerprint density at radius 2 is 2.15 bits per heavy atom. The monoisotopic (exact) mass is 386 g/mol. The Balaban J connectivity index is 1.51. The molecule has 1 saturated heterocycles. The van der Waals surface area contributed by atoms with Crippen LogP contribution in [0.25, 0.3) is 31.0 Å². The second kappa shape index (κ2) is 6.11. The lowest BCUT2D eigenvalue weighted by Gasteiger charge is -2.27. The van der Waals surface area contributed by atoms with E-state index in [9.17, 15) is 4.39 Å². The number of halogens is 1. The first-order chi connectivity index (χ1) is 12.6. The molecule has 5 rings (SSSR count). The van der Waals surface area contributed by atoms with E-state index in [1.165, 1.54) is 22.4 Å². The van der Waals surface area contributed by atoms with E-state index in [4.69, 9.17) is 4.98 Å². The number of thiophene rings is 1. The first-order valence-corrected chi connectivity index (χ1v) is 10.5. The van der Waals surface area contributed by atoms with E-state index in [0.29, 0.717) is 17.5 Å². The Morgan fingerprint density at radius 1 is 1.27 bits per heavy atom. The predicted molar refractivity (Wildman–Crippen MR) is 107 cm³/mol. The molecule has 1 aliphatic rings. The number of rotatable bonds is 2. The molecule has 3 aromatic heterocycles. The molecule has 1 fully saturated rings. The summed E-state index contributed by atoms with van der Waals surface area (Å²) in [5.74, 6) is 0.339. The first-order valence-electron chi connectivity index (χ1n) is 8.84. The Labute approximate surface area is 158 Å². The number of hydrogen-bond acceptors (Lipinski definition) is 5. The van der Waals surface area contributed by atoms with Crippen molar-refractivity contribution in [3.05, 3.63) is 35.1 Å². The van der Waals surface area contributed by atoms with E-state index < -0.39 is 0 Å². The topological polar surface area (TPSA) is 42.7 Å². The average Bonchev–Trinajstić information content (AvgIpc) is 3.26. The minimum atomic E-state index is -0.291. The molecule has 0 radical (unpaired) electrons. The maximum absolute atomic E-state index is 14.4. The van der Waals surface area contributed by atoms with Crippen molar-refractivity contribution in [3.8, 4) is 10.6 Å². The molecule has 7 heteroatoms. The van der Waals surface area contributed by atoms with Gasteiger partial charge in [0, 0.05) is 35.1 Å². The van der Waals surface area contributed by atoms with Crippen LogP contribution in [0.5, 0.6) is 0 Å². The van der Waals surface area contributed by atoms with Crippen LogP contribution in [-0.4, -0.2) is 27.4 Å². The summed E-state index contributed by atoms with van der Waals surface area (Å²) < 4.78 is 17.2. The molecule has 1 aliphatic heterocycles. The fraction of sp³-hybridized carbons (Fsp3) is 0.368. The molecule has 0 spiro atoms. The number of aryl methyl sites for hydroxylation is 1. The molecule has 134 valence electrons. The van der Waals surface area contributed by atoms with Gasteiger partial charge in [-0.25, -0.2) is 9.37 Å². The van der Waals surface area contributed by atoms with E-state index >= 15 is 0 Å². The van der Waals surface area contributed by atoms with Crippen molar-refractivity contribution in [2.45, 2.75) is 31.7 Å². The van der Waals surface area contributed by atoms with Crippen LogP contribution < -0.4 is 5.32 Å². The van der Waals surface area contributed by atoms with Gasteiger partial charge in [0.1, 0.15) is 15.4 Å². The van der Waals surface area contributed by atoms with Crippen LogP contribution in [0.4, 0.5) is 4.39 Å². The van der Waals surface area contributed by atoms with Crippen LogP contribution >= 0.6 is 22.7 Å². The highest BCUT2D eigenvalue weighted by Crippen LogP contribution is 2.41. The van der Waals surface area contributed by atoms with Crippen molar-refractivity contribution in [2.24, 2.45) is 7.05 Å². The quantitative estimate of drug-likeness (QED) is 0.532. The molecule has 4 aromatic rings. The lowest BCUT2D eigenvalue weighted by atomic mass is 9.92. The molecule has 26 heavy (non-hydrogen) atoms. The molecule has 1 N–H and O–H groups in total. The molecule has 1 aromatic carbocycles. The number of benzene rings is 1. The fourth-order valence-electron chi connectivity index (χ4n) is 3.80. The first kappa shape index (κ1) is 16.4. The Morgan fingerprint density at radius 3 is 2.96 bits per heavy atom. The molecule has 0 amide bonds. The van der Waals surface area contributed by atoms with E-state index in [1.807, 2.05) is 19.3 Å². The van der Waals surface area contributed by atoms with Gasteiger partial charge in [-0.3, -0.25) is 4.68 Å². The molecule has 4 heterocycles. The fourth-order valence-corrected chi connectivity index (χ4v) is 6.16. The summed E-state index contributed by atoms with van der Waals surface area (Å²) in [6.45, 7) is 3.34. The lowest BCUT2D eigenvalue weighted by molar-refractivity contribution is 0.384. The maximum Gasteiger partial charge on any atom is 0.152 e. The lowest BCUT2D eigenvalue weighted by Crippen LogP contribution is -2.34. The predicted octanol–water partition coefficient (Wildman–Crippen LogP) is 4.91. The summed E-state index contributed by atoms with van der Waals surface area (Å²) in [7, 11) is 1.81. The maximum atomic E-state index is 14.4. The van der Waals surface area contributed by atoms with E-state index in [0.717, 1.165) is 27.3 Å². The largest absolute Gasteiger partial charge is 0.314 e. The normalized spacial score (nSPS) is 21.0. The zero-order valence-electron chi connectivity index (χ0n) is 14.6. The summed E-state index contributed by atoms with van der Waals surface area (Å²) in [6.07, 6.45) is 4.21. The van der Waals surface area contributed by atoms with Gasteiger partial charge in [-0.2, -0.15) is 5.10 Å². The van der Waals surface area contributed by atoms with E-state index in [-0.39, 0.29) is 5.82 Å². The minimum Gasteiger partial charge on any atom is -0.314 e. The second-order valence-corrected chi connectivity index (χ2v) is 9.21. The third kappa shape index (κ3) is 2.74. The van der Waals surface area contributed by atoms with Gasteiger partial charge in [-0.15, -0.1) is 22.7 Å². The molecule has 0 bridgehead atoms. The number of thiazole rings is 1. The molecule has 0 unspecified atom stereocenters. The highest BCUT2D eigenvalue weighted by atomic mass is 32.1. The molecule has 4 nitrogen and oxygen atoms in total. The van der Waals surface area contributed by atoms with Crippen LogP contribution in [-0.2, 0) is 7.05 Å². The summed E-state index contributed by atoms with van der Waals surface area (Å²) in [6, 6.07) is 6.39. The van der Waals surface area contributed by atoms with Crippen molar-refractivity contribution in [2.75, 3.05) is 6.54 Å². The van der Waals surface area contributed by atoms with Gasteiger partial charge in [-0.05, 0) is 50.4 Å². The zero-order valence-corrected chi connectivity index (χ0v) is 16.3. The molecular weight excluding hydrogens is 367 g/mol. The van der Waals surface area contributed by atoms with Gasteiger partial charge in [0.25, 0.3) is 0 Å². The van der Waals surface area contributed by atoms with Gasteiger partial charge in [-0.1, -0.05) is 0 Å². The standard InChI is InChI=1S/C19H19FN4S2/c1-10-5-11(3-4-21-10)15-8-16-19(25-15)22-18(26-16)12-6-13-9-24(2)23-17(13)14(20)7-12/h6-11,21H,3-5H2,1-2H3/t10-,11-/m0/s1. The van der Waals surface area contributed by atoms with Crippen LogP contribution in [0, 0.1) is 5.82 Å². The summed E-state index contributed by atoms with van der Waals surface area (Å²) >= 11 is 3.44. The second-order valence-electron chi connectivity index (χ2n) is 7.11. The van der Waals surface area contributed by atoms with Crippen LogP contribution in [0.3, 0.4) is 0 Å². The molecule has 2 atom stereocenters. The van der Waals surface area contributed by atoms with Crippen LogP contribution in [0.1, 0.15) is 30.6 Å². The zero-order chi connectivity index (χ0) is 17.8. The highest BCUT2D eigenvalue weighted by Gasteiger charge is 2.23. The van der Waals surface area contributed by atoms with Crippen molar-refractivity contribution in [3.63, 3.8) is 0 Å². The SMILES string of the molecule is C[C@H]1C[C@@H](c2cc3sc(-c4cc(F)c5nn(C)cc5c4)nc3s2)CCN1. The van der Waals surface area contributed by atoms with E-state index in [2.05, 4.69) is 23.4 Å². The Bertz CT molecular complexity index is 1080. The highest BCUT2D eigenvalue weighted by molar-refractivity contribution is 7.28. The Hall–Kier alpha value is -1.83. The number of piperidine rings is 1. The van der Waals surface area contributed by atoms with Crippen molar-refractivity contribution >= 4 is 43.1 Å². The third-order valence-corrected chi connectivity index (χ3v) is 7.43. The number of nitrogens with one attached hydrogen (secondary N) is 1. The Kier molecular flexibility index (Phi) is 3.84. The van der Waals surface area contributed by atoms with Crippen molar-refractivity contribution in [1.29, 1.82) is 0 Å². The molecule has 0 aliphatic carbocycles. The number of hydrogen-bond donors (Lipinski definition) is 1. The van der Waals surface area contributed by atoms with Gasteiger partial charge in [0.15, 0.2) is 5.82 Å². The molecular formula is C19H19FN4S2. The van der Waals surface area contributed by atoms with Crippen LogP contribution in [0.2, 0.25) is 0 Å². The van der Waals surface area contributed by atoms with Gasteiger partial charge in [0.05, 0.1) is 4.70 Å². The number of fused-ring (bicyclic) bond motifs is 2. The average molecular weight is 387 g/mol. The van der Waals surface area contributed by atoms with Crippen LogP contribution in [0.15, 0.2) is 24.4 Å². The van der Waals surface area contributed by atoms with E-state index in [1.54, 1.807) is 33.4 Å². The van der Waals surface area contributed by atoms with Crippen molar-refractivity contribution < 1.29 is 4.39 Å². The number of nitrogens with zero attached hydrogens (tertiary/aromatic N) is 3. The summed E-state index contributed by atoms with van der Waals surface area (Å²) in [5.41, 5.74) is 1.24. The summed E-state index contributed by atoms with van der Waals surface area (Å²) in [4.78, 5) is 7.30. The van der Waals surface area contributed by atoms with Gasteiger partial charge < -0.3 is 5.32 Å². The summed E-state index contributed by atoms with van der Waals surface area (Å²) in [5, 5.41) is 9.37. The molecule has 0 saturated carbocycles. The van der Waals surface area contributed by atoms with Gasteiger partial charge in [0.2, 0.25) is 0 Å².